The molecule has 0 bridgehead atoms. The minimum absolute atomic E-state index is 0.103. The van der Waals surface area contributed by atoms with Gasteiger partial charge < -0.3 is 14.1 Å². The highest BCUT2D eigenvalue weighted by Crippen LogP contribution is 2.42. The molecule has 15 heavy (non-hydrogen) atoms. The van der Waals surface area contributed by atoms with Gasteiger partial charge in [0.05, 0.1) is 6.26 Å². The van der Waals surface area contributed by atoms with Gasteiger partial charge >= 0.3 is 0 Å². The van der Waals surface area contributed by atoms with E-state index in [1.165, 1.54) is 4.90 Å². The predicted octanol–water partition coefficient (Wildman–Crippen LogP) is 1.36. The topological polar surface area (TPSA) is 46.0 Å². The summed E-state index contributed by atoms with van der Waals surface area (Å²) in [5, 5.41) is 0. The summed E-state index contributed by atoms with van der Waals surface area (Å²) in [6.45, 7) is 3.74. The third kappa shape index (κ3) is 1.80. The van der Waals surface area contributed by atoms with Gasteiger partial charge in [-0.3, -0.25) is 4.79 Å². The maximum atomic E-state index is 11.6. The normalized spacial score (nSPS) is 23.6. The van der Waals surface area contributed by atoms with Crippen molar-refractivity contribution in [3.05, 3.63) is 36.3 Å². The monoisotopic (exact) mass is 207 g/mol. The van der Waals surface area contributed by atoms with Crippen LogP contribution in [0.3, 0.4) is 0 Å². The fourth-order valence-corrected chi connectivity index (χ4v) is 1.46. The lowest BCUT2D eigenvalue weighted by Gasteiger charge is -2.10. The molecule has 1 aromatic heterocycles. The average Bonchev–Trinajstić information content (AvgIpc) is 2.82. The third-order valence-corrected chi connectivity index (χ3v) is 2.34. The number of carbonyl (C=O) groups excluding carboxylic acids is 1. The second-order valence-electron chi connectivity index (χ2n) is 3.72. The van der Waals surface area contributed by atoms with E-state index in [-0.39, 0.29) is 18.1 Å². The lowest BCUT2D eigenvalue weighted by molar-refractivity contribution is -0.124. The summed E-state index contributed by atoms with van der Waals surface area (Å²) in [7, 11) is 3.38. The van der Waals surface area contributed by atoms with Crippen molar-refractivity contribution in [2.24, 2.45) is 0 Å². The van der Waals surface area contributed by atoms with E-state index in [4.69, 9.17) is 9.15 Å². The molecular formula is C11H13NO3. The van der Waals surface area contributed by atoms with E-state index in [9.17, 15) is 4.79 Å². The molecule has 1 aromatic rings. The number of rotatable bonds is 3. The molecule has 0 N–H and O–H groups in total. The Balaban J connectivity index is 2.00. The summed E-state index contributed by atoms with van der Waals surface area (Å²) in [6, 6.07) is 3.63. The highest BCUT2D eigenvalue weighted by molar-refractivity contribution is 5.94. The van der Waals surface area contributed by atoms with Gasteiger partial charge in [-0.25, -0.2) is 0 Å². The molecule has 0 unspecified atom stereocenters. The fourth-order valence-electron chi connectivity index (χ4n) is 1.46. The zero-order chi connectivity index (χ0) is 11.0. The Morgan fingerprint density at radius 2 is 2.27 bits per heavy atom. The van der Waals surface area contributed by atoms with E-state index in [1.807, 2.05) is 6.07 Å². The lowest BCUT2D eigenvalue weighted by atomic mass is 10.1. The number of nitrogens with zero attached hydrogens (tertiary/aromatic N) is 1. The third-order valence-electron chi connectivity index (χ3n) is 2.34. The number of amides is 1. The van der Waals surface area contributed by atoms with Crippen LogP contribution in [0.5, 0.6) is 0 Å². The summed E-state index contributed by atoms with van der Waals surface area (Å²) < 4.78 is 10.5. The number of likely N-dealkylation sites (N-methyl/N-ethyl adjacent to an activating group) is 1. The van der Waals surface area contributed by atoms with Gasteiger partial charge in [-0.1, -0.05) is 6.58 Å². The van der Waals surface area contributed by atoms with Crippen LogP contribution in [-0.4, -0.2) is 31.0 Å². The number of furan rings is 1. The van der Waals surface area contributed by atoms with Crippen LogP contribution in [0.15, 0.2) is 35.0 Å². The van der Waals surface area contributed by atoms with Crippen molar-refractivity contribution < 1.29 is 13.9 Å². The first-order valence-corrected chi connectivity index (χ1v) is 4.70. The van der Waals surface area contributed by atoms with E-state index in [0.29, 0.717) is 5.57 Å². The number of hydrogen-bond donors (Lipinski definition) is 0. The molecule has 1 fully saturated rings. The number of hydrogen-bond acceptors (Lipinski definition) is 3. The molecule has 1 saturated heterocycles. The molecular weight excluding hydrogens is 194 g/mol. The quantitative estimate of drug-likeness (QED) is 0.555. The van der Waals surface area contributed by atoms with Crippen LogP contribution in [0.1, 0.15) is 11.9 Å². The fraction of sp³-hybridized carbons (Fsp3) is 0.364. The molecule has 4 nitrogen and oxygen atoms in total. The first-order valence-electron chi connectivity index (χ1n) is 4.70. The number of carbonyl (C=O) groups is 1. The zero-order valence-corrected chi connectivity index (χ0v) is 8.77. The lowest BCUT2D eigenvalue weighted by Crippen LogP contribution is -2.25. The van der Waals surface area contributed by atoms with Gasteiger partial charge in [-0.2, -0.15) is 0 Å². The average molecular weight is 207 g/mol. The van der Waals surface area contributed by atoms with Gasteiger partial charge in [0, 0.05) is 19.7 Å². The molecule has 0 radical (unpaired) electrons. The Kier molecular flexibility index (Phi) is 2.36. The van der Waals surface area contributed by atoms with Gasteiger partial charge in [0.25, 0.3) is 5.91 Å². The van der Waals surface area contributed by atoms with Crippen LogP contribution in [0, 0.1) is 0 Å². The van der Waals surface area contributed by atoms with Crippen molar-refractivity contribution in [3.63, 3.8) is 0 Å². The first kappa shape index (κ1) is 9.98. The van der Waals surface area contributed by atoms with Crippen molar-refractivity contribution in [2.75, 3.05) is 14.1 Å². The second-order valence-corrected chi connectivity index (χ2v) is 3.72. The van der Waals surface area contributed by atoms with E-state index in [0.717, 1.165) is 5.76 Å². The highest BCUT2D eigenvalue weighted by Gasteiger charge is 2.46. The van der Waals surface area contributed by atoms with Crippen molar-refractivity contribution in [1.82, 2.24) is 4.90 Å². The molecule has 0 spiro atoms. The minimum Gasteiger partial charge on any atom is -0.466 e. The van der Waals surface area contributed by atoms with Crippen molar-refractivity contribution in [1.29, 1.82) is 0 Å². The Hall–Kier alpha value is -1.55. The summed E-state index contributed by atoms with van der Waals surface area (Å²) in [4.78, 5) is 13.0. The maximum absolute atomic E-state index is 11.6. The summed E-state index contributed by atoms with van der Waals surface area (Å²) in [5.41, 5.74) is 0.474. The van der Waals surface area contributed by atoms with E-state index in [2.05, 4.69) is 6.58 Å². The van der Waals surface area contributed by atoms with Gasteiger partial charge in [0.2, 0.25) is 0 Å². The standard InChI is InChI=1S/C11H13NO3/c1-7(11(13)12(2)3)9-10(15-9)8-5-4-6-14-8/h4-6,9-10H,1H2,2-3H3/t9-,10-/m0/s1. The Labute approximate surface area is 88.1 Å². The minimum atomic E-state index is -0.231. The number of ether oxygens (including phenoxy) is 1. The van der Waals surface area contributed by atoms with Gasteiger partial charge in [-0.15, -0.1) is 0 Å². The molecule has 2 atom stereocenters. The molecule has 1 amide bonds. The molecule has 80 valence electrons. The Morgan fingerprint density at radius 3 is 2.80 bits per heavy atom. The van der Waals surface area contributed by atoms with Crippen LogP contribution < -0.4 is 0 Å². The predicted molar refractivity (Wildman–Crippen MR) is 54.2 cm³/mol. The van der Waals surface area contributed by atoms with Crippen LogP contribution in [0.2, 0.25) is 0 Å². The van der Waals surface area contributed by atoms with Gasteiger partial charge in [-0.05, 0) is 12.1 Å². The molecule has 1 aliphatic rings. The Morgan fingerprint density at radius 1 is 1.53 bits per heavy atom. The molecule has 0 aliphatic carbocycles. The van der Waals surface area contributed by atoms with E-state index >= 15 is 0 Å². The van der Waals surface area contributed by atoms with Crippen LogP contribution >= 0.6 is 0 Å². The Bertz CT molecular complexity index is 381. The van der Waals surface area contributed by atoms with E-state index < -0.39 is 0 Å². The second kappa shape index (κ2) is 3.55. The van der Waals surface area contributed by atoms with Crippen LogP contribution in [-0.2, 0) is 9.53 Å². The molecule has 0 aromatic carbocycles. The number of epoxide rings is 1. The first-order chi connectivity index (χ1) is 7.11. The maximum Gasteiger partial charge on any atom is 0.251 e. The summed E-state index contributed by atoms with van der Waals surface area (Å²) in [6.07, 6.45) is 1.22. The molecule has 2 rings (SSSR count). The summed E-state index contributed by atoms with van der Waals surface area (Å²) >= 11 is 0. The van der Waals surface area contributed by atoms with Crippen molar-refractivity contribution >= 4 is 5.91 Å². The highest BCUT2D eigenvalue weighted by atomic mass is 16.6. The smallest absolute Gasteiger partial charge is 0.251 e. The van der Waals surface area contributed by atoms with Gasteiger partial charge in [0.15, 0.2) is 0 Å². The SMILES string of the molecule is C=C(C(=O)N(C)C)[C@@H]1O[C@H]1c1ccco1. The molecule has 1 aliphatic heterocycles. The van der Waals surface area contributed by atoms with E-state index in [1.54, 1.807) is 26.4 Å². The summed E-state index contributed by atoms with van der Waals surface area (Å²) in [5.74, 6) is 0.641. The zero-order valence-electron chi connectivity index (χ0n) is 8.77. The molecule has 2 heterocycles. The van der Waals surface area contributed by atoms with Crippen LogP contribution in [0.4, 0.5) is 0 Å². The van der Waals surface area contributed by atoms with Crippen molar-refractivity contribution in [3.8, 4) is 0 Å². The molecule has 0 saturated carbocycles. The van der Waals surface area contributed by atoms with Gasteiger partial charge in [0.1, 0.15) is 18.0 Å². The molecule has 4 heteroatoms. The largest absolute Gasteiger partial charge is 0.466 e. The van der Waals surface area contributed by atoms with Crippen LogP contribution in [0.25, 0.3) is 0 Å². The van der Waals surface area contributed by atoms with Crippen molar-refractivity contribution in [2.45, 2.75) is 12.2 Å².